The summed E-state index contributed by atoms with van der Waals surface area (Å²) >= 11 is 36.6. The Morgan fingerprint density at radius 2 is 0.957 bits per heavy atom. The quantitative estimate of drug-likeness (QED) is 0.160. The van der Waals surface area contributed by atoms with Crippen molar-refractivity contribution in [1.29, 1.82) is 0 Å². The Balaban J connectivity index is 2.83. The lowest BCUT2D eigenvalue weighted by Gasteiger charge is -2.28. The molecule has 0 amide bonds. The monoisotopic (exact) mass is 947 g/mol. The minimum absolute atomic E-state index is 0.633. The van der Waals surface area contributed by atoms with Gasteiger partial charge in [0, 0.05) is 41.3 Å². The van der Waals surface area contributed by atoms with Gasteiger partial charge in [0.25, 0.3) is 0 Å². The van der Waals surface area contributed by atoms with Crippen molar-refractivity contribution in [3.63, 3.8) is 0 Å². The zero-order valence-electron chi connectivity index (χ0n) is 10.4. The van der Waals surface area contributed by atoms with Gasteiger partial charge in [0.15, 0.2) is 0 Å². The zero-order chi connectivity index (χ0) is 17.7. The third-order valence-corrected chi connectivity index (χ3v) is 14.0. The maximum Gasteiger partial charge on any atom is 0.134 e. The minimum atomic E-state index is -0.633. The van der Waals surface area contributed by atoms with Crippen LogP contribution in [0.5, 0.6) is 0 Å². The normalized spacial score (nSPS) is 11.9. The molecule has 0 spiro atoms. The average molecular weight is 957 g/mol. The zero-order valence-corrected chi connectivity index (χ0v) is 26.3. The van der Waals surface area contributed by atoms with Crippen molar-refractivity contribution in [3.8, 4) is 0 Å². The molecule has 0 N–H and O–H groups in total. The van der Waals surface area contributed by atoms with E-state index in [9.17, 15) is 0 Å². The molecule has 0 saturated carbocycles. The molecule has 0 aliphatic heterocycles. The lowest BCUT2D eigenvalue weighted by Crippen LogP contribution is -2.15. The Morgan fingerprint density at radius 3 is 1.43 bits per heavy atom. The number of hydrogen-bond acceptors (Lipinski definition) is 0. The number of benzene rings is 2. The van der Waals surface area contributed by atoms with Crippen LogP contribution < -0.4 is 0 Å². The molecule has 0 nitrogen and oxygen atoms in total. The second-order valence-corrected chi connectivity index (χ2v) is 14.1. The fraction of sp³-hybridized carbons (Fsp3) is 0.0769. The number of halogens is 10. The third kappa shape index (κ3) is 4.31. The molecule has 0 aromatic heterocycles. The van der Waals surface area contributed by atoms with E-state index < -0.39 is 3.23 Å². The molecule has 0 atom stereocenters. The fourth-order valence-electron chi connectivity index (χ4n) is 1.78. The third-order valence-electron chi connectivity index (χ3n) is 2.90. The summed E-state index contributed by atoms with van der Waals surface area (Å²) in [5.41, 5.74) is 1.99. The summed E-state index contributed by atoms with van der Waals surface area (Å²) in [6, 6.07) is 4.03. The van der Waals surface area contributed by atoms with Crippen molar-refractivity contribution in [2.45, 2.75) is 3.23 Å². The van der Waals surface area contributed by atoms with Gasteiger partial charge in [-0.15, -0.1) is 0 Å². The van der Waals surface area contributed by atoms with Crippen LogP contribution in [0.25, 0.3) is 0 Å². The van der Waals surface area contributed by atoms with Gasteiger partial charge in [0.2, 0.25) is 0 Å². The lowest BCUT2D eigenvalue weighted by molar-refractivity contribution is 1.07. The van der Waals surface area contributed by atoms with Crippen LogP contribution in [0.4, 0.5) is 0 Å². The Labute approximate surface area is 218 Å². The van der Waals surface area contributed by atoms with Crippen molar-refractivity contribution in [2.75, 3.05) is 0 Å². The Morgan fingerprint density at radius 1 is 0.522 bits per heavy atom. The summed E-state index contributed by atoms with van der Waals surface area (Å²) in [7, 11) is 0. The van der Waals surface area contributed by atoms with E-state index in [1.54, 1.807) is 0 Å². The molecule has 2 aromatic carbocycles. The van der Waals surface area contributed by atoms with Crippen LogP contribution in [-0.4, -0.2) is 0 Å². The van der Waals surface area contributed by atoms with Gasteiger partial charge in [-0.25, -0.2) is 0 Å². The highest BCUT2D eigenvalue weighted by atomic mass is 79.9. The van der Waals surface area contributed by atoms with E-state index in [2.05, 4.69) is 159 Å². The molecule has 0 fully saturated rings. The van der Waals surface area contributed by atoms with Gasteiger partial charge >= 0.3 is 0 Å². The van der Waals surface area contributed by atoms with E-state index in [4.69, 9.17) is 0 Å². The first-order valence-electron chi connectivity index (χ1n) is 5.55. The lowest BCUT2D eigenvalue weighted by atomic mass is 10.0. The summed E-state index contributed by atoms with van der Waals surface area (Å²) < 4.78 is 6.81. The Hall–Kier alpha value is 3.24. The highest BCUT2D eigenvalue weighted by molar-refractivity contribution is 9.25. The van der Waals surface area contributed by atoms with Crippen LogP contribution in [-0.2, 0) is 3.23 Å². The van der Waals surface area contributed by atoms with Crippen LogP contribution in [0.1, 0.15) is 11.1 Å². The Bertz CT molecular complexity index is 767. The molecular formula is C13H2Br10. The van der Waals surface area contributed by atoms with E-state index >= 15 is 0 Å². The minimum Gasteiger partial charge on any atom is -0.0619 e. The van der Waals surface area contributed by atoms with Crippen LogP contribution in [0, 0.1) is 0 Å². The van der Waals surface area contributed by atoms with E-state index in [0.717, 1.165) is 46.9 Å². The molecule has 0 saturated heterocycles. The summed E-state index contributed by atoms with van der Waals surface area (Å²) in [6.45, 7) is 0. The standard InChI is InChI=1S/C13H2Br10/c14-4-2-1-3(6(15)7(4)16)13(22,23)5-8(17)10(19)12(21)11(20)9(5)18/h1-2H. The van der Waals surface area contributed by atoms with E-state index in [1.165, 1.54) is 0 Å². The van der Waals surface area contributed by atoms with E-state index in [1.807, 2.05) is 12.1 Å². The molecule has 2 rings (SSSR count). The number of rotatable bonds is 2. The molecule has 0 heterocycles. The molecule has 124 valence electrons. The topological polar surface area (TPSA) is 0 Å². The molecule has 0 bridgehead atoms. The van der Waals surface area contributed by atoms with Gasteiger partial charge in [0.05, 0.1) is 0 Å². The smallest absolute Gasteiger partial charge is 0.0619 e. The van der Waals surface area contributed by atoms with Crippen molar-refractivity contribution >= 4 is 159 Å². The maximum atomic E-state index is 3.84. The summed E-state index contributed by atoms with van der Waals surface area (Å²) in [6.07, 6.45) is 0. The van der Waals surface area contributed by atoms with Gasteiger partial charge in [-0.1, -0.05) is 37.9 Å². The van der Waals surface area contributed by atoms with Gasteiger partial charge in [-0.05, 0) is 139 Å². The molecule has 0 aliphatic rings. The molecule has 0 radical (unpaired) electrons. The van der Waals surface area contributed by atoms with Gasteiger partial charge < -0.3 is 0 Å². The first-order valence-corrected chi connectivity index (χ1v) is 13.5. The molecule has 10 heteroatoms. The molecule has 0 aliphatic carbocycles. The van der Waals surface area contributed by atoms with Gasteiger partial charge in [-0.2, -0.15) is 0 Å². The van der Waals surface area contributed by atoms with Crippen molar-refractivity contribution < 1.29 is 0 Å². The van der Waals surface area contributed by atoms with E-state index in [-0.39, 0.29) is 0 Å². The average Bonchev–Trinajstić information content (AvgIpc) is 2.48. The second-order valence-electron chi connectivity index (χ2n) is 4.24. The molecule has 23 heavy (non-hydrogen) atoms. The summed E-state index contributed by atoms with van der Waals surface area (Å²) in [5.74, 6) is 0. The fourth-order valence-corrected chi connectivity index (χ4v) is 10.1. The predicted molar refractivity (Wildman–Crippen MR) is 133 cm³/mol. The second kappa shape index (κ2) is 8.72. The molecule has 0 unspecified atom stereocenters. The van der Waals surface area contributed by atoms with Crippen molar-refractivity contribution in [3.05, 3.63) is 59.0 Å². The SMILES string of the molecule is Brc1ccc(C(Br)(Br)c2c(Br)c(Br)c(Br)c(Br)c2Br)c(Br)c1Br. The highest BCUT2D eigenvalue weighted by Crippen LogP contribution is 2.57. The van der Waals surface area contributed by atoms with Crippen molar-refractivity contribution in [1.82, 2.24) is 0 Å². The highest BCUT2D eigenvalue weighted by Gasteiger charge is 2.37. The first-order chi connectivity index (χ1) is 10.5. The maximum absolute atomic E-state index is 3.84. The molecule has 2 aromatic rings. The van der Waals surface area contributed by atoms with E-state index in [0.29, 0.717) is 0 Å². The Kier molecular flexibility index (Phi) is 8.54. The molecular weight excluding hydrogens is 955 g/mol. The van der Waals surface area contributed by atoms with Gasteiger partial charge in [-0.3, -0.25) is 0 Å². The van der Waals surface area contributed by atoms with Crippen LogP contribution >= 0.6 is 159 Å². The summed E-state index contributed by atoms with van der Waals surface area (Å²) in [5, 5.41) is 0. The predicted octanol–water partition coefficient (Wildman–Crippen LogP) is 10.8. The number of alkyl halides is 2. The summed E-state index contributed by atoms with van der Waals surface area (Å²) in [4.78, 5) is 0. The van der Waals surface area contributed by atoms with Crippen LogP contribution in [0.15, 0.2) is 47.9 Å². The van der Waals surface area contributed by atoms with Gasteiger partial charge in [0.1, 0.15) is 3.23 Å². The largest absolute Gasteiger partial charge is 0.134 e. The number of hydrogen-bond donors (Lipinski definition) is 0. The first kappa shape index (κ1) is 22.5. The van der Waals surface area contributed by atoms with Crippen LogP contribution in [0.3, 0.4) is 0 Å². The van der Waals surface area contributed by atoms with Crippen molar-refractivity contribution in [2.24, 2.45) is 0 Å². The van der Waals surface area contributed by atoms with Crippen LogP contribution in [0.2, 0.25) is 0 Å².